The zero-order valence-electron chi connectivity index (χ0n) is 13.0. The molecular formula is C18H24ClNO2. The van der Waals surface area contributed by atoms with E-state index in [0.29, 0.717) is 0 Å². The molecular weight excluding hydrogens is 298 g/mol. The van der Waals surface area contributed by atoms with Crippen LogP contribution in [0.3, 0.4) is 0 Å². The van der Waals surface area contributed by atoms with Crippen LogP contribution in [0, 0.1) is 0 Å². The molecule has 3 rings (SSSR count). The molecule has 0 radical (unpaired) electrons. The number of piperidine rings is 1. The summed E-state index contributed by atoms with van der Waals surface area (Å²) in [7, 11) is 1.67. The van der Waals surface area contributed by atoms with Crippen molar-refractivity contribution in [2.75, 3.05) is 26.7 Å². The van der Waals surface area contributed by atoms with E-state index < -0.39 is 6.10 Å². The van der Waals surface area contributed by atoms with Crippen LogP contribution in [-0.4, -0.2) is 36.8 Å². The molecule has 120 valence electrons. The van der Waals surface area contributed by atoms with Crippen LogP contribution in [0.5, 0.6) is 5.75 Å². The van der Waals surface area contributed by atoms with Crippen molar-refractivity contribution >= 4 is 23.2 Å². The average molecular weight is 322 g/mol. The van der Waals surface area contributed by atoms with Gasteiger partial charge in [0.2, 0.25) is 0 Å². The normalized spacial score (nSPS) is 17.0. The van der Waals surface area contributed by atoms with E-state index in [-0.39, 0.29) is 12.4 Å². The van der Waals surface area contributed by atoms with Crippen LogP contribution < -0.4 is 4.74 Å². The van der Waals surface area contributed by atoms with Gasteiger partial charge in [-0.25, -0.2) is 0 Å². The molecule has 1 atom stereocenters. The molecule has 1 fully saturated rings. The number of aliphatic hydroxyl groups is 1. The summed E-state index contributed by atoms with van der Waals surface area (Å²) in [4.78, 5) is 2.37. The maximum absolute atomic E-state index is 10.7. The van der Waals surface area contributed by atoms with Crippen LogP contribution in [0.4, 0.5) is 0 Å². The Bertz CT molecular complexity index is 611. The van der Waals surface area contributed by atoms with E-state index in [0.717, 1.165) is 41.7 Å². The molecule has 1 saturated heterocycles. The highest BCUT2D eigenvalue weighted by Gasteiger charge is 2.17. The fourth-order valence-electron chi connectivity index (χ4n) is 3.18. The summed E-state index contributed by atoms with van der Waals surface area (Å²) in [6.07, 6.45) is 3.36. The number of rotatable bonds is 4. The fourth-order valence-corrected chi connectivity index (χ4v) is 3.18. The summed E-state index contributed by atoms with van der Waals surface area (Å²) in [5.41, 5.74) is 0.997. The number of hydrogen-bond acceptors (Lipinski definition) is 3. The van der Waals surface area contributed by atoms with Gasteiger partial charge in [-0.3, -0.25) is 0 Å². The number of nitrogens with zero attached hydrogens (tertiary/aromatic N) is 1. The Morgan fingerprint density at radius 2 is 1.91 bits per heavy atom. The highest BCUT2D eigenvalue weighted by molar-refractivity contribution is 5.87. The molecule has 0 aliphatic carbocycles. The average Bonchev–Trinajstić information content (AvgIpc) is 2.54. The van der Waals surface area contributed by atoms with E-state index in [1.54, 1.807) is 7.11 Å². The first-order valence-electron chi connectivity index (χ1n) is 7.75. The van der Waals surface area contributed by atoms with Crippen molar-refractivity contribution in [3.05, 3.63) is 42.0 Å². The van der Waals surface area contributed by atoms with Crippen LogP contribution >= 0.6 is 12.4 Å². The SMILES string of the molecule is COc1ccc2cccc(C(O)CN3CCCCC3)c2c1.Cl. The third kappa shape index (κ3) is 3.72. The lowest BCUT2D eigenvalue weighted by atomic mass is 9.99. The Morgan fingerprint density at radius 1 is 1.14 bits per heavy atom. The standard InChI is InChI=1S/C18H23NO2.ClH/c1-21-15-9-8-14-6-5-7-16(17(14)12-15)18(20)13-19-10-3-2-4-11-19;/h5-9,12,18,20H,2-4,10-11,13H2,1H3;1H. The van der Waals surface area contributed by atoms with Gasteiger partial charge in [-0.2, -0.15) is 0 Å². The highest BCUT2D eigenvalue weighted by atomic mass is 35.5. The van der Waals surface area contributed by atoms with Crippen LogP contribution in [0.25, 0.3) is 10.8 Å². The quantitative estimate of drug-likeness (QED) is 0.930. The second kappa shape index (κ2) is 7.82. The topological polar surface area (TPSA) is 32.7 Å². The molecule has 0 amide bonds. The lowest BCUT2D eigenvalue weighted by Gasteiger charge is -2.29. The monoisotopic (exact) mass is 321 g/mol. The Labute approximate surface area is 138 Å². The lowest BCUT2D eigenvalue weighted by molar-refractivity contribution is 0.102. The first-order chi connectivity index (χ1) is 10.3. The summed E-state index contributed by atoms with van der Waals surface area (Å²) in [6.45, 7) is 2.92. The van der Waals surface area contributed by atoms with Gasteiger partial charge in [-0.1, -0.05) is 30.7 Å². The van der Waals surface area contributed by atoms with Gasteiger partial charge >= 0.3 is 0 Å². The summed E-state index contributed by atoms with van der Waals surface area (Å²) >= 11 is 0. The summed E-state index contributed by atoms with van der Waals surface area (Å²) in [5.74, 6) is 0.833. The Morgan fingerprint density at radius 3 is 2.64 bits per heavy atom. The van der Waals surface area contributed by atoms with Crippen LogP contribution in [0.1, 0.15) is 30.9 Å². The number of benzene rings is 2. The van der Waals surface area contributed by atoms with Crippen LogP contribution in [0.15, 0.2) is 36.4 Å². The third-order valence-corrected chi connectivity index (χ3v) is 4.36. The molecule has 3 nitrogen and oxygen atoms in total. The lowest BCUT2D eigenvalue weighted by Crippen LogP contribution is -2.33. The zero-order valence-corrected chi connectivity index (χ0v) is 13.8. The highest BCUT2D eigenvalue weighted by Crippen LogP contribution is 2.28. The van der Waals surface area contributed by atoms with Gasteiger partial charge in [0.05, 0.1) is 13.2 Å². The van der Waals surface area contributed by atoms with E-state index in [1.807, 2.05) is 30.3 Å². The molecule has 0 aromatic heterocycles. The summed E-state index contributed by atoms with van der Waals surface area (Å²) in [6, 6.07) is 12.1. The first-order valence-corrected chi connectivity index (χ1v) is 7.75. The smallest absolute Gasteiger partial charge is 0.119 e. The molecule has 22 heavy (non-hydrogen) atoms. The predicted molar refractivity (Wildman–Crippen MR) is 93.0 cm³/mol. The molecule has 1 aliphatic rings. The van der Waals surface area contributed by atoms with Gasteiger partial charge in [0.1, 0.15) is 5.75 Å². The number of β-amino-alcohol motifs (C(OH)–C–C–N with tert-alkyl or cyclic N) is 1. The zero-order chi connectivity index (χ0) is 14.7. The molecule has 1 unspecified atom stereocenters. The summed E-state index contributed by atoms with van der Waals surface area (Å²) in [5, 5.41) is 12.9. The molecule has 0 spiro atoms. The van der Waals surface area contributed by atoms with Crippen molar-refractivity contribution in [1.29, 1.82) is 0 Å². The molecule has 1 N–H and O–H groups in total. The number of likely N-dealkylation sites (tertiary alicyclic amines) is 1. The molecule has 4 heteroatoms. The van der Waals surface area contributed by atoms with Crippen molar-refractivity contribution in [3.63, 3.8) is 0 Å². The van der Waals surface area contributed by atoms with Crippen molar-refractivity contribution in [2.45, 2.75) is 25.4 Å². The number of methoxy groups -OCH3 is 1. The number of ether oxygens (including phenoxy) is 1. The van der Waals surface area contributed by atoms with E-state index >= 15 is 0 Å². The molecule has 1 aliphatic heterocycles. The molecule has 2 aromatic carbocycles. The molecule has 1 heterocycles. The third-order valence-electron chi connectivity index (χ3n) is 4.36. The van der Waals surface area contributed by atoms with Crippen molar-refractivity contribution in [2.24, 2.45) is 0 Å². The second-order valence-corrected chi connectivity index (χ2v) is 5.81. The number of fused-ring (bicyclic) bond motifs is 1. The minimum atomic E-state index is -0.445. The van der Waals surface area contributed by atoms with Gasteiger partial charge in [0, 0.05) is 6.54 Å². The van der Waals surface area contributed by atoms with Gasteiger partial charge in [-0.15, -0.1) is 12.4 Å². The van der Waals surface area contributed by atoms with Gasteiger partial charge in [-0.05, 0) is 54.4 Å². The van der Waals surface area contributed by atoms with E-state index in [4.69, 9.17) is 4.74 Å². The van der Waals surface area contributed by atoms with E-state index in [1.165, 1.54) is 19.3 Å². The maximum Gasteiger partial charge on any atom is 0.119 e. The Hall–Kier alpha value is -1.29. The summed E-state index contributed by atoms with van der Waals surface area (Å²) < 4.78 is 5.31. The minimum Gasteiger partial charge on any atom is -0.497 e. The predicted octanol–water partition coefficient (Wildman–Crippen LogP) is 3.79. The number of aliphatic hydroxyl groups excluding tert-OH is 1. The van der Waals surface area contributed by atoms with Crippen LogP contribution in [0.2, 0.25) is 0 Å². The second-order valence-electron chi connectivity index (χ2n) is 5.81. The largest absolute Gasteiger partial charge is 0.497 e. The van der Waals surface area contributed by atoms with Crippen molar-refractivity contribution < 1.29 is 9.84 Å². The van der Waals surface area contributed by atoms with E-state index in [9.17, 15) is 5.11 Å². The Balaban J connectivity index is 0.00000176. The van der Waals surface area contributed by atoms with Gasteiger partial charge < -0.3 is 14.7 Å². The molecule has 2 aromatic rings. The van der Waals surface area contributed by atoms with Crippen molar-refractivity contribution in [1.82, 2.24) is 4.90 Å². The minimum absolute atomic E-state index is 0. The van der Waals surface area contributed by atoms with Crippen LogP contribution in [-0.2, 0) is 0 Å². The molecule has 0 bridgehead atoms. The van der Waals surface area contributed by atoms with E-state index in [2.05, 4.69) is 11.0 Å². The molecule has 0 saturated carbocycles. The number of hydrogen-bond donors (Lipinski definition) is 1. The van der Waals surface area contributed by atoms with Gasteiger partial charge in [0.25, 0.3) is 0 Å². The fraction of sp³-hybridized carbons (Fsp3) is 0.444. The Kier molecular flexibility index (Phi) is 6.07. The number of halogens is 1. The van der Waals surface area contributed by atoms with Crippen molar-refractivity contribution in [3.8, 4) is 5.75 Å². The first kappa shape index (κ1) is 17.1. The van der Waals surface area contributed by atoms with Gasteiger partial charge in [0.15, 0.2) is 0 Å². The maximum atomic E-state index is 10.7.